The quantitative estimate of drug-likeness (QED) is 0.741. The van der Waals surface area contributed by atoms with Crippen LogP contribution < -0.4 is 0 Å². The van der Waals surface area contributed by atoms with Gasteiger partial charge in [0.05, 0.1) is 0 Å². The molecule has 0 aliphatic carbocycles. The van der Waals surface area contributed by atoms with Gasteiger partial charge in [0, 0.05) is 15.6 Å². The minimum atomic E-state index is 0.0718. The Balaban J connectivity index is 2.44. The normalized spacial score (nSPS) is 10.4. The number of hydrogen-bond acceptors (Lipinski definition) is 1. The van der Waals surface area contributed by atoms with E-state index < -0.39 is 0 Å². The van der Waals surface area contributed by atoms with E-state index in [0.717, 1.165) is 26.7 Å². The van der Waals surface area contributed by atoms with Gasteiger partial charge in [0.25, 0.3) is 0 Å². The van der Waals surface area contributed by atoms with Crippen molar-refractivity contribution in [2.24, 2.45) is 0 Å². The van der Waals surface area contributed by atoms with E-state index >= 15 is 0 Å². The summed E-state index contributed by atoms with van der Waals surface area (Å²) in [5, 5.41) is 0. The Labute approximate surface area is 116 Å². The number of halogens is 1. The molecule has 0 amide bonds. The van der Waals surface area contributed by atoms with Crippen LogP contribution in [0, 0.1) is 20.8 Å². The first-order valence-corrected chi connectivity index (χ1v) is 6.66. The van der Waals surface area contributed by atoms with Crippen molar-refractivity contribution in [3.63, 3.8) is 0 Å². The number of carbonyl (C=O) groups is 1. The molecule has 18 heavy (non-hydrogen) atoms. The molecule has 0 N–H and O–H groups in total. The average molecular weight is 303 g/mol. The highest BCUT2D eigenvalue weighted by Crippen LogP contribution is 2.19. The first-order chi connectivity index (χ1) is 8.47. The maximum absolute atomic E-state index is 12.4. The molecule has 0 spiro atoms. The summed E-state index contributed by atoms with van der Waals surface area (Å²) in [5.74, 6) is 0.0718. The van der Waals surface area contributed by atoms with Crippen LogP contribution in [-0.4, -0.2) is 5.78 Å². The lowest BCUT2D eigenvalue weighted by atomic mass is 9.98. The van der Waals surface area contributed by atoms with Crippen LogP contribution in [0.15, 0.2) is 40.9 Å². The van der Waals surface area contributed by atoms with Crippen molar-refractivity contribution < 1.29 is 4.79 Å². The summed E-state index contributed by atoms with van der Waals surface area (Å²) in [5.41, 5.74) is 4.90. The molecule has 0 heterocycles. The zero-order chi connectivity index (χ0) is 13.3. The highest BCUT2D eigenvalue weighted by atomic mass is 79.9. The Morgan fingerprint density at radius 3 is 2.22 bits per heavy atom. The predicted molar refractivity (Wildman–Crippen MR) is 78.2 cm³/mol. The van der Waals surface area contributed by atoms with Crippen molar-refractivity contribution in [3.05, 3.63) is 68.7 Å². The molecule has 2 heteroatoms. The number of rotatable bonds is 2. The summed E-state index contributed by atoms with van der Waals surface area (Å²) in [6.07, 6.45) is 0. The molecule has 2 aromatic rings. The van der Waals surface area contributed by atoms with Crippen molar-refractivity contribution in [1.29, 1.82) is 0 Å². The highest BCUT2D eigenvalue weighted by Gasteiger charge is 2.10. The van der Waals surface area contributed by atoms with Gasteiger partial charge in [0.2, 0.25) is 0 Å². The van der Waals surface area contributed by atoms with Gasteiger partial charge in [0.15, 0.2) is 5.78 Å². The predicted octanol–water partition coefficient (Wildman–Crippen LogP) is 4.61. The Morgan fingerprint density at radius 1 is 0.889 bits per heavy atom. The van der Waals surface area contributed by atoms with E-state index in [4.69, 9.17) is 0 Å². The van der Waals surface area contributed by atoms with Crippen molar-refractivity contribution in [3.8, 4) is 0 Å². The van der Waals surface area contributed by atoms with Gasteiger partial charge >= 0.3 is 0 Å². The van der Waals surface area contributed by atoms with E-state index in [1.807, 2.05) is 57.2 Å². The van der Waals surface area contributed by atoms with Gasteiger partial charge < -0.3 is 0 Å². The lowest BCUT2D eigenvalue weighted by molar-refractivity contribution is 0.103. The minimum Gasteiger partial charge on any atom is -0.289 e. The summed E-state index contributed by atoms with van der Waals surface area (Å²) >= 11 is 3.43. The molecule has 0 fully saturated rings. The molecule has 0 aromatic heterocycles. The molecule has 92 valence electrons. The van der Waals surface area contributed by atoms with Gasteiger partial charge in [0.1, 0.15) is 0 Å². The number of hydrogen-bond donors (Lipinski definition) is 0. The maximum atomic E-state index is 12.4. The number of ketones is 1. The molecule has 0 radical (unpaired) electrons. The average Bonchev–Trinajstić information content (AvgIpc) is 2.30. The smallest absolute Gasteiger partial charge is 0.193 e. The summed E-state index contributed by atoms with van der Waals surface area (Å²) < 4.78 is 0.940. The summed E-state index contributed by atoms with van der Waals surface area (Å²) in [6.45, 7) is 6.06. The van der Waals surface area contributed by atoms with Gasteiger partial charge in [-0.1, -0.05) is 28.1 Å². The third-order valence-corrected chi connectivity index (χ3v) is 3.53. The van der Waals surface area contributed by atoms with Crippen molar-refractivity contribution in [2.45, 2.75) is 20.8 Å². The Hall–Kier alpha value is -1.41. The fraction of sp³-hybridized carbons (Fsp3) is 0.188. The lowest BCUT2D eigenvalue weighted by Crippen LogP contribution is -2.02. The minimum absolute atomic E-state index is 0.0718. The van der Waals surface area contributed by atoms with Crippen molar-refractivity contribution in [1.82, 2.24) is 0 Å². The second-order valence-electron chi connectivity index (χ2n) is 4.65. The van der Waals surface area contributed by atoms with E-state index in [-0.39, 0.29) is 5.78 Å². The van der Waals surface area contributed by atoms with Crippen LogP contribution in [0.25, 0.3) is 0 Å². The molecule has 0 bridgehead atoms. The van der Waals surface area contributed by atoms with E-state index in [9.17, 15) is 4.79 Å². The van der Waals surface area contributed by atoms with Gasteiger partial charge in [-0.3, -0.25) is 4.79 Å². The second kappa shape index (κ2) is 5.07. The Morgan fingerprint density at radius 2 is 1.61 bits per heavy atom. The number of aryl methyl sites for hydroxylation is 3. The SMILES string of the molecule is Cc1cc(Br)cc(C(=O)c2ccc(C)c(C)c2)c1. The molecule has 0 saturated carbocycles. The van der Waals surface area contributed by atoms with Crippen LogP contribution in [0.5, 0.6) is 0 Å². The molecule has 1 nitrogen and oxygen atoms in total. The molecular weight excluding hydrogens is 288 g/mol. The monoisotopic (exact) mass is 302 g/mol. The zero-order valence-corrected chi connectivity index (χ0v) is 12.3. The largest absolute Gasteiger partial charge is 0.289 e. The van der Waals surface area contributed by atoms with Crippen LogP contribution >= 0.6 is 15.9 Å². The number of carbonyl (C=O) groups excluding carboxylic acids is 1. The fourth-order valence-electron chi connectivity index (χ4n) is 1.92. The Kier molecular flexibility index (Phi) is 3.67. The molecule has 0 unspecified atom stereocenters. The zero-order valence-electron chi connectivity index (χ0n) is 10.8. The van der Waals surface area contributed by atoms with Gasteiger partial charge in [-0.2, -0.15) is 0 Å². The Bertz CT molecular complexity index is 594. The molecule has 0 atom stereocenters. The number of benzene rings is 2. The van der Waals surface area contributed by atoms with Crippen LogP contribution in [0.4, 0.5) is 0 Å². The van der Waals surface area contributed by atoms with Crippen LogP contribution in [0.3, 0.4) is 0 Å². The molecule has 2 rings (SSSR count). The molecule has 2 aromatic carbocycles. The summed E-state index contributed by atoms with van der Waals surface area (Å²) in [6, 6.07) is 11.6. The van der Waals surface area contributed by atoms with Crippen LogP contribution in [0.1, 0.15) is 32.6 Å². The van der Waals surface area contributed by atoms with E-state index in [0.29, 0.717) is 0 Å². The fourth-order valence-corrected chi connectivity index (χ4v) is 2.52. The molecule has 0 aliphatic heterocycles. The highest BCUT2D eigenvalue weighted by molar-refractivity contribution is 9.10. The van der Waals surface area contributed by atoms with Gasteiger partial charge in [-0.15, -0.1) is 0 Å². The first-order valence-electron chi connectivity index (χ1n) is 5.86. The lowest BCUT2D eigenvalue weighted by Gasteiger charge is -2.06. The second-order valence-corrected chi connectivity index (χ2v) is 5.56. The maximum Gasteiger partial charge on any atom is 0.193 e. The summed E-state index contributed by atoms with van der Waals surface area (Å²) in [7, 11) is 0. The molecular formula is C16H15BrO. The van der Waals surface area contributed by atoms with Crippen LogP contribution in [0.2, 0.25) is 0 Å². The molecule has 0 aliphatic rings. The van der Waals surface area contributed by atoms with E-state index in [1.165, 1.54) is 5.56 Å². The molecule has 0 saturated heterocycles. The van der Waals surface area contributed by atoms with Gasteiger partial charge in [-0.05, 0) is 61.7 Å². The van der Waals surface area contributed by atoms with Crippen molar-refractivity contribution in [2.75, 3.05) is 0 Å². The first kappa shape index (κ1) is 13.0. The van der Waals surface area contributed by atoms with Crippen LogP contribution in [-0.2, 0) is 0 Å². The van der Waals surface area contributed by atoms with E-state index in [1.54, 1.807) is 0 Å². The van der Waals surface area contributed by atoms with Gasteiger partial charge in [-0.25, -0.2) is 0 Å². The third-order valence-electron chi connectivity index (χ3n) is 3.07. The topological polar surface area (TPSA) is 17.1 Å². The summed E-state index contributed by atoms with van der Waals surface area (Å²) in [4.78, 5) is 12.4. The van der Waals surface area contributed by atoms with E-state index in [2.05, 4.69) is 15.9 Å². The standard InChI is InChI=1S/C16H15BrO/c1-10-6-14(9-15(17)7-10)16(18)13-5-4-11(2)12(3)8-13/h4-9H,1-3H3. The van der Waals surface area contributed by atoms with Crippen molar-refractivity contribution >= 4 is 21.7 Å². The third kappa shape index (κ3) is 2.70.